The number of rotatable bonds is 0. The Kier molecular flexibility index (Phi) is 1.28. The number of hydrogen-bond donors (Lipinski definition) is 0. The van der Waals surface area contributed by atoms with Gasteiger partial charge in [-0.15, -0.1) is 0 Å². The van der Waals surface area contributed by atoms with Gasteiger partial charge in [-0.1, -0.05) is 0 Å². The highest BCUT2D eigenvalue weighted by molar-refractivity contribution is 5.78. The molecule has 3 heterocycles. The van der Waals surface area contributed by atoms with E-state index < -0.39 is 0 Å². The predicted octanol–water partition coefficient (Wildman–Crippen LogP) is 0.560. The average Bonchev–Trinajstić information content (AvgIpc) is 2.70. The Balaban J connectivity index is 2.05. The smallest absolute Gasteiger partial charge is 0.224 e. The molecule has 0 saturated carbocycles. The Labute approximate surface area is 76.2 Å². The number of nitrogens with zero attached hydrogens (tertiary/aromatic N) is 3. The van der Waals surface area contributed by atoms with E-state index in [0.29, 0.717) is 12.3 Å². The van der Waals surface area contributed by atoms with Gasteiger partial charge in [0, 0.05) is 31.3 Å². The first kappa shape index (κ1) is 7.12. The first-order valence-corrected chi connectivity index (χ1v) is 4.66. The Morgan fingerprint density at radius 3 is 3.31 bits per heavy atom. The summed E-state index contributed by atoms with van der Waals surface area (Å²) in [5.74, 6) is 0.296. The van der Waals surface area contributed by atoms with Crippen LogP contribution < -0.4 is 0 Å². The van der Waals surface area contributed by atoms with Gasteiger partial charge in [0.05, 0.1) is 6.33 Å². The second kappa shape index (κ2) is 2.34. The van der Waals surface area contributed by atoms with Crippen LogP contribution >= 0.6 is 0 Å². The van der Waals surface area contributed by atoms with Gasteiger partial charge < -0.3 is 9.47 Å². The van der Waals surface area contributed by atoms with Crippen molar-refractivity contribution in [1.82, 2.24) is 14.5 Å². The van der Waals surface area contributed by atoms with E-state index in [9.17, 15) is 4.79 Å². The van der Waals surface area contributed by atoms with E-state index in [4.69, 9.17) is 0 Å². The fourth-order valence-corrected chi connectivity index (χ4v) is 2.31. The van der Waals surface area contributed by atoms with Gasteiger partial charge >= 0.3 is 0 Å². The lowest BCUT2D eigenvalue weighted by Gasteiger charge is -2.31. The quantitative estimate of drug-likeness (QED) is 0.580. The van der Waals surface area contributed by atoms with Crippen LogP contribution in [0.2, 0.25) is 0 Å². The van der Waals surface area contributed by atoms with Crippen molar-refractivity contribution in [3.8, 4) is 0 Å². The lowest BCUT2D eigenvalue weighted by atomic mass is 10.2. The molecular formula is C9H11N3O. The maximum absolute atomic E-state index is 11.4. The van der Waals surface area contributed by atoms with E-state index >= 15 is 0 Å². The molecule has 1 fully saturated rings. The van der Waals surface area contributed by atoms with Crippen LogP contribution in [0.25, 0.3) is 0 Å². The van der Waals surface area contributed by atoms with Crippen LogP contribution in [0.4, 0.5) is 0 Å². The summed E-state index contributed by atoms with van der Waals surface area (Å²) in [7, 11) is 0. The van der Waals surface area contributed by atoms with Gasteiger partial charge in [-0.25, -0.2) is 4.98 Å². The van der Waals surface area contributed by atoms with Crippen LogP contribution in [0.3, 0.4) is 0 Å². The van der Waals surface area contributed by atoms with Gasteiger partial charge in [-0.05, 0) is 6.42 Å². The van der Waals surface area contributed by atoms with Crippen LogP contribution in [0.15, 0.2) is 12.5 Å². The Bertz CT molecular complexity index is 357. The molecule has 2 aliphatic rings. The van der Waals surface area contributed by atoms with Crippen molar-refractivity contribution in [2.45, 2.75) is 25.4 Å². The minimum absolute atomic E-state index is 0.263. The van der Waals surface area contributed by atoms with Crippen molar-refractivity contribution in [3.63, 3.8) is 0 Å². The third-order valence-corrected chi connectivity index (χ3v) is 2.97. The largest absolute Gasteiger partial charge is 0.321 e. The second-order valence-corrected chi connectivity index (χ2v) is 3.65. The minimum atomic E-state index is 0.263. The maximum Gasteiger partial charge on any atom is 0.224 e. The summed E-state index contributed by atoms with van der Waals surface area (Å²) in [5.41, 5.74) is 1.26. The molecule has 1 amide bonds. The molecule has 0 spiro atoms. The third-order valence-electron chi connectivity index (χ3n) is 2.97. The van der Waals surface area contributed by atoms with Crippen molar-refractivity contribution in [2.75, 3.05) is 6.54 Å². The number of aromatic nitrogens is 2. The van der Waals surface area contributed by atoms with Gasteiger partial charge in [-0.2, -0.15) is 0 Å². The molecule has 1 aromatic rings. The van der Waals surface area contributed by atoms with Gasteiger partial charge in [0.2, 0.25) is 5.91 Å². The molecule has 0 aromatic carbocycles. The molecule has 68 valence electrons. The number of fused-ring (bicyclic) bond motifs is 3. The van der Waals surface area contributed by atoms with Crippen molar-refractivity contribution < 1.29 is 4.79 Å². The van der Waals surface area contributed by atoms with Gasteiger partial charge in [-0.3, -0.25) is 4.79 Å². The molecular weight excluding hydrogens is 166 g/mol. The zero-order valence-corrected chi connectivity index (χ0v) is 7.31. The van der Waals surface area contributed by atoms with Crippen LogP contribution in [0.1, 0.15) is 24.7 Å². The lowest BCUT2D eigenvalue weighted by molar-refractivity contribution is -0.130. The first-order chi connectivity index (χ1) is 6.36. The first-order valence-electron chi connectivity index (χ1n) is 4.66. The average molecular weight is 177 g/mol. The van der Waals surface area contributed by atoms with Crippen LogP contribution in [-0.2, 0) is 11.2 Å². The normalized spacial score (nSPS) is 26.0. The molecule has 4 nitrogen and oxygen atoms in total. The molecule has 1 aromatic heterocycles. The fraction of sp³-hybridized carbons (Fsp3) is 0.556. The van der Waals surface area contributed by atoms with Crippen molar-refractivity contribution in [1.29, 1.82) is 0 Å². The summed E-state index contributed by atoms with van der Waals surface area (Å²) >= 11 is 0. The third kappa shape index (κ3) is 0.855. The maximum atomic E-state index is 11.4. The van der Waals surface area contributed by atoms with Gasteiger partial charge in [0.15, 0.2) is 0 Å². The number of imidazole rings is 1. The van der Waals surface area contributed by atoms with Gasteiger partial charge in [0.25, 0.3) is 0 Å². The number of carbonyl (C=O) groups is 1. The molecule has 0 aliphatic carbocycles. The molecule has 0 bridgehead atoms. The number of hydrogen-bond acceptors (Lipinski definition) is 2. The van der Waals surface area contributed by atoms with E-state index in [1.807, 2.05) is 17.4 Å². The van der Waals surface area contributed by atoms with Gasteiger partial charge in [0.1, 0.15) is 6.17 Å². The standard InChI is InChI=1S/C9H11N3O/c13-9-2-1-8-11(9)4-3-7-5-10-6-12(7)8/h5-6,8H,1-4H2. The van der Waals surface area contributed by atoms with Crippen molar-refractivity contribution in [2.24, 2.45) is 0 Å². The van der Waals surface area contributed by atoms with E-state index in [0.717, 1.165) is 19.4 Å². The highest BCUT2D eigenvalue weighted by Gasteiger charge is 2.35. The van der Waals surface area contributed by atoms with Crippen LogP contribution in [0, 0.1) is 0 Å². The molecule has 1 atom stereocenters. The minimum Gasteiger partial charge on any atom is -0.321 e. The van der Waals surface area contributed by atoms with E-state index in [1.165, 1.54) is 5.69 Å². The molecule has 0 radical (unpaired) electrons. The summed E-state index contributed by atoms with van der Waals surface area (Å²) < 4.78 is 2.13. The Morgan fingerprint density at radius 2 is 2.38 bits per heavy atom. The molecule has 0 N–H and O–H groups in total. The topological polar surface area (TPSA) is 38.1 Å². The van der Waals surface area contributed by atoms with E-state index in [-0.39, 0.29) is 6.17 Å². The Hall–Kier alpha value is -1.32. The lowest BCUT2D eigenvalue weighted by Crippen LogP contribution is -2.37. The SMILES string of the molecule is O=C1CCC2N1CCc1cncn12. The molecule has 13 heavy (non-hydrogen) atoms. The fourth-order valence-electron chi connectivity index (χ4n) is 2.31. The highest BCUT2D eigenvalue weighted by Crippen LogP contribution is 2.32. The summed E-state index contributed by atoms with van der Waals surface area (Å²) in [6.45, 7) is 0.870. The molecule has 1 unspecified atom stereocenters. The van der Waals surface area contributed by atoms with Crippen LogP contribution in [-0.4, -0.2) is 26.9 Å². The molecule has 3 rings (SSSR count). The van der Waals surface area contributed by atoms with Crippen molar-refractivity contribution in [3.05, 3.63) is 18.2 Å². The Morgan fingerprint density at radius 1 is 1.46 bits per heavy atom. The van der Waals surface area contributed by atoms with E-state index in [2.05, 4.69) is 9.55 Å². The second-order valence-electron chi connectivity index (χ2n) is 3.65. The summed E-state index contributed by atoms with van der Waals surface area (Å²) in [6.07, 6.45) is 6.59. The summed E-state index contributed by atoms with van der Waals surface area (Å²) in [6, 6.07) is 0. The van der Waals surface area contributed by atoms with Crippen LogP contribution in [0.5, 0.6) is 0 Å². The van der Waals surface area contributed by atoms with E-state index in [1.54, 1.807) is 0 Å². The zero-order valence-electron chi connectivity index (χ0n) is 7.31. The molecule has 1 saturated heterocycles. The zero-order chi connectivity index (χ0) is 8.84. The summed E-state index contributed by atoms with van der Waals surface area (Å²) in [5, 5.41) is 0. The number of amides is 1. The number of carbonyl (C=O) groups excluding carboxylic acids is 1. The van der Waals surface area contributed by atoms with Crippen molar-refractivity contribution >= 4 is 5.91 Å². The summed E-state index contributed by atoms with van der Waals surface area (Å²) in [4.78, 5) is 17.5. The monoisotopic (exact) mass is 177 g/mol. The predicted molar refractivity (Wildman–Crippen MR) is 45.9 cm³/mol. The molecule has 2 aliphatic heterocycles. The highest BCUT2D eigenvalue weighted by atomic mass is 16.2. The molecule has 4 heteroatoms.